The van der Waals surface area contributed by atoms with Gasteiger partial charge in [-0.15, -0.1) is 0 Å². The Hall–Kier alpha value is -2.62. The molecule has 0 radical (unpaired) electrons. The summed E-state index contributed by atoms with van der Waals surface area (Å²) in [4.78, 5) is 12.8. The molecule has 3 nitrogen and oxygen atoms in total. The van der Waals surface area contributed by atoms with Gasteiger partial charge in [0, 0.05) is 12.5 Å². The van der Waals surface area contributed by atoms with Gasteiger partial charge in [-0.1, -0.05) is 49.8 Å². The molecule has 1 aliphatic heterocycles. The molecule has 27 heavy (non-hydrogen) atoms. The Morgan fingerprint density at radius 2 is 2.04 bits per heavy atom. The molecule has 0 spiro atoms. The monoisotopic (exact) mass is 364 g/mol. The minimum Gasteiger partial charge on any atom is -0.377 e. The molecule has 140 valence electrons. The van der Waals surface area contributed by atoms with Gasteiger partial charge in [-0.3, -0.25) is 4.79 Å². The van der Waals surface area contributed by atoms with Crippen molar-refractivity contribution >= 4 is 11.6 Å². The van der Waals surface area contributed by atoms with E-state index >= 15 is 0 Å². The van der Waals surface area contributed by atoms with Crippen molar-refractivity contribution in [1.82, 2.24) is 5.32 Å². The molecule has 4 rings (SSSR count). The van der Waals surface area contributed by atoms with Gasteiger partial charge in [-0.25, -0.2) is 4.39 Å². The molecule has 0 fully saturated rings. The van der Waals surface area contributed by atoms with E-state index in [1.165, 1.54) is 17.7 Å². The van der Waals surface area contributed by atoms with Crippen LogP contribution in [0, 0.1) is 11.7 Å². The van der Waals surface area contributed by atoms with Gasteiger partial charge in [0.15, 0.2) is 0 Å². The van der Waals surface area contributed by atoms with Crippen LogP contribution in [0.25, 0.3) is 0 Å². The lowest BCUT2D eigenvalue weighted by Crippen LogP contribution is -2.32. The molecule has 2 N–H and O–H groups in total. The molecule has 0 saturated carbocycles. The van der Waals surface area contributed by atoms with Gasteiger partial charge in [-0.2, -0.15) is 0 Å². The number of carbonyl (C=O) groups is 1. The van der Waals surface area contributed by atoms with Crippen LogP contribution in [0.4, 0.5) is 10.1 Å². The van der Waals surface area contributed by atoms with E-state index in [2.05, 4.69) is 35.8 Å². The molecule has 1 heterocycles. The van der Waals surface area contributed by atoms with Gasteiger partial charge in [-0.05, 0) is 48.1 Å². The fraction of sp³-hybridized carbons (Fsp3) is 0.348. The molecule has 2 aromatic carbocycles. The summed E-state index contributed by atoms with van der Waals surface area (Å²) in [7, 11) is 0. The highest BCUT2D eigenvalue weighted by atomic mass is 19.1. The van der Waals surface area contributed by atoms with E-state index in [4.69, 9.17) is 0 Å². The molecule has 2 aliphatic rings. The molecule has 0 saturated heterocycles. The zero-order valence-corrected chi connectivity index (χ0v) is 15.5. The predicted octanol–water partition coefficient (Wildman–Crippen LogP) is 5.18. The lowest BCUT2D eigenvalue weighted by Gasteiger charge is -2.38. The molecule has 1 amide bonds. The van der Waals surface area contributed by atoms with Crippen LogP contribution >= 0.6 is 0 Å². The number of carbonyl (C=O) groups excluding carboxylic acids is 1. The molecule has 4 heteroatoms. The van der Waals surface area contributed by atoms with E-state index in [1.807, 2.05) is 24.3 Å². The fourth-order valence-electron chi connectivity index (χ4n) is 4.28. The second kappa shape index (κ2) is 7.55. The van der Waals surface area contributed by atoms with Gasteiger partial charge in [0.05, 0.1) is 17.3 Å². The highest BCUT2D eigenvalue weighted by molar-refractivity contribution is 6.00. The third-order valence-electron chi connectivity index (χ3n) is 5.69. The van der Waals surface area contributed by atoms with Crippen molar-refractivity contribution < 1.29 is 9.18 Å². The Morgan fingerprint density at radius 1 is 1.22 bits per heavy atom. The lowest BCUT2D eigenvalue weighted by atomic mass is 9.76. The molecule has 2 aromatic rings. The molecule has 0 aromatic heterocycles. The van der Waals surface area contributed by atoms with Crippen molar-refractivity contribution in [2.24, 2.45) is 5.92 Å². The number of rotatable bonds is 5. The Labute approximate surface area is 159 Å². The Kier molecular flexibility index (Phi) is 4.97. The van der Waals surface area contributed by atoms with Gasteiger partial charge in [0.2, 0.25) is 0 Å². The molecule has 3 atom stereocenters. The van der Waals surface area contributed by atoms with Gasteiger partial charge in [0.1, 0.15) is 5.82 Å². The number of unbranched alkanes of at least 4 members (excludes halogenated alkanes) is 1. The normalized spacial score (nSPS) is 22.7. The van der Waals surface area contributed by atoms with Crippen molar-refractivity contribution in [2.75, 3.05) is 11.9 Å². The number of fused-ring (bicyclic) bond motifs is 3. The average Bonchev–Trinajstić information content (AvgIpc) is 3.18. The number of allylic oxidation sites excluding steroid dienone is 2. The van der Waals surface area contributed by atoms with E-state index in [1.54, 1.807) is 0 Å². The average molecular weight is 364 g/mol. The summed E-state index contributed by atoms with van der Waals surface area (Å²) in [5, 5.41) is 6.65. The number of hydrogen-bond donors (Lipinski definition) is 2. The maximum atomic E-state index is 13.4. The molecular weight excluding hydrogens is 339 g/mol. The van der Waals surface area contributed by atoms with Crippen LogP contribution in [0.5, 0.6) is 0 Å². The first-order valence-electron chi connectivity index (χ1n) is 9.79. The highest BCUT2D eigenvalue weighted by Crippen LogP contribution is 2.50. The fourth-order valence-corrected chi connectivity index (χ4v) is 4.28. The number of hydrogen-bond acceptors (Lipinski definition) is 2. The van der Waals surface area contributed by atoms with Crippen molar-refractivity contribution in [2.45, 2.75) is 38.1 Å². The number of benzene rings is 2. The Morgan fingerprint density at radius 3 is 2.81 bits per heavy atom. The van der Waals surface area contributed by atoms with Crippen LogP contribution in [0.2, 0.25) is 0 Å². The number of anilines is 1. The van der Waals surface area contributed by atoms with Gasteiger partial charge < -0.3 is 10.6 Å². The third-order valence-corrected chi connectivity index (χ3v) is 5.69. The van der Waals surface area contributed by atoms with Crippen LogP contribution in [-0.2, 0) is 0 Å². The zero-order chi connectivity index (χ0) is 18.8. The smallest absolute Gasteiger partial charge is 0.253 e. The summed E-state index contributed by atoms with van der Waals surface area (Å²) >= 11 is 0. The summed E-state index contributed by atoms with van der Waals surface area (Å²) in [5.74, 6) is 0.388. The Bertz CT molecular complexity index is 859. The van der Waals surface area contributed by atoms with Crippen molar-refractivity contribution in [1.29, 1.82) is 0 Å². The summed E-state index contributed by atoms with van der Waals surface area (Å²) in [6, 6.07) is 12.7. The van der Waals surface area contributed by atoms with Crippen LogP contribution < -0.4 is 10.6 Å². The van der Waals surface area contributed by atoms with E-state index in [0.717, 1.165) is 30.5 Å². The second-order valence-corrected chi connectivity index (χ2v) is 7.41. The molecule has 3 unspecified atom stereocenters. The van der Waals surface area contributed by atoms with Crippen LogP contribution in [0.3, 0.4) is 0 Å². The van der Waals surface area contributed by atoms with E-state index < -0.39 is 0 Å². The van der Waals surface area contributed by atoms with E-state index in [0.29, 0.717) is 18.0 Å². The summed E-state index contributed by atoms with van der Waals surface area (Å²) in [5.41, 5.74) is 3.83. The minimum absolute atomic E-state index is 0.0360. The van der Waals surface area contributed by atoms with Crippen LogP contribution in [-0.4, -0.2) is 12.5 Å². The van der Waals surface area contributed by atoms with E-state index in [-0.39, 0.29) is 23.7 Å². The molecular formula is C23H25FN2O. The first-order chi connectivity index (χ1) is 13.2. The van der Waals surface area contributed by atoms with Crippen LogP contribution in [0.1, 0.15) is 59.6 Å². The number of amides is 1. The van der Waals surface area contributed by atoms with Crippen LogP contribution in [0.15, 0.2) is 54.6 Å². The maximum Gasteiger partial charge on any atom is 0.253 e. The van der Waals surface area contributed by atoms with E-state index in [9.17, 15) is 9.18 Å². The lowest BCUT2D eigenvalue weighted by molar-refractivity contribution is 0.0953. The topological polar surface area (TPSA) is 41.1 Å². The summed E-state index contributed by atoms with van der Waals surface area (Å²) in [6.07, 6.45) is 7.47. The quantitative estimate of drug-likeness (QED) is 0.567. The molecule has 0 bridgehead atoms. The first-order valence-corrected chi connectivity index (χ1v) is 9.79. The van der Waals surface area contributed by atoms with Crippen molar-refractivity contribution in [3.63, 3.8) is 0 Å². The predicted molar refractivity (Wildman–Crippen MR) is 106 cm³/mol. The van der Waals surface area contributed by atoms with Gasteiger partial charge >= 0.3 is 0 Å². The summed E-state index contributed by atoms with van der Waals surface area (Å²) < 4.78 is 13.4. The zero-order valence-electron chi connectivity index (χ0n) is 15.5. The minimum atomic E-state index is -0.230. The van der Waals surface area contributed by atoms with Gasteiger partial charge in [0.25, 0.3) is 5.91 Å². The third kappa shape index (κ3) is 3.36. The standard InChI is InChI=1S/C23H25FN2O/c1-2-3-14-25-23(27)20-9-5-8-19-17-6-4-7-18(17)21(26-22(19)20)15-10-12-16(24)13-11-15/h4-6,8-13,17-18,21,26H,2-3,7,14H2,1H3,(H,25,27). The summed E-state index contributed by atoms with van der Waals surface area (Å²) in [6.45, 7) is 2.80. The van der Waals surface area contributed by atoms with Crippen molar-refractivity contribution in [3.8, 4) is 0 Å². The van der Waals surface area contributed by atoms with Crippen molar-refractivity contribution in [3.05, 3.63) is 77.1 Å². The number of nitrogens with one attached hydrogen (secondary N) is 2. The number of para-hydroxylation sites is 1. The Balaban J connectivity index is 1.70. The largest absolute Gasteiger partial charge is 0.377 e. The SMILES string of the molecule is CCCCNC(=O)c1cccc2c1NC(c1ccc(F)cc1)C1CC=CC21. The highest BCUT2D eigenvalue weighted by Gasteiger charge is 2.39. The second-order valence-electron chi connectivity index (χ2n) is 7.41. The maximum absolute atomic E-state index is 13.4. The first kappa shape index (κ1) is 17.8. The number of halogens is 1. The molecule has 1 aliphatic carbocycles.